The molecule has 5 heteroatoms. The molecule has 2 N–H and O–H groups in total. The number of hydrogen-bond donors (Lipinski definition) is 2. The van der Waals surface area contributed by atoms with E-state index in [9.17, 15) is 4.79 Å². The smallest absolute Gasteiger partial charge is 0.233 e. The zero-order valence-electron chi connectivity index (χ0n) is 8.59. The predicted octanol–water partition coefficient (Wildman–Crippen LogP) is 1.07. The Morgan fingerprint density at radius 1 is 1.53 bits per heavy atom. The second kappa shape index (κ2) is 6.53. The van der Waals surface area contributed by atoms with Gasteiger partial charge in [-0.05, 0) is 34.5 Å². The van der Waals surface area contributed by atoms with E-state index in [1.165, 1.54) is 0 Å². The number of nitrogens with zero attached hydrogens (tertiary/aromatic N) is 1. The van der Waals surface area contributed by atoms with Crippen molar-refractivity contribution >= 4 is 21.8 Å². The Kier molecular flexibility index (Phi) is 5.28. The molecule has 0 fully saturated rings. The maximum absolute atomic E-state index is 11.1. The summed E-state index contributed by atoms with van der Waals surface area (Å²) < 4.78 is 0.944. The fourth-order valence-corrected chi connectivity index (χ4v) is 1.54. The van der Waals surface area contributed by atoms with E-state index >= 15 is 0 Å². The highest BCUT2D eigenvalue weighted by molar-refractivity contribution is 9.10. The van der Waals surface area contributed by atoms with E-state index in [2.05, 4.69) is 31.5 Å². The Morgan fingerprint density at radius 3 is 3.00 bits per heavy atom. The number of aromatic nitrogens is 1. The zero-order chi connectivity index (χ0) is 11.1. The van der Waals surface area contributed by atoms with Crippen LogP contribution in [0.25, 0.3) is 0 Å². The molecule has 0 aliphatic carbocycles. The third-order valence-electron chi connectivity index (χ3n) is 1.75. The van der Waals surface area contributed by atoms with Gasteiger partial charge in [0.2, 0.25) is 5.91 Å². The van der Waals surface area contributed by atoms with Gasteiger partial charge in [-0.3, -0.25) is 9.78 Å². The van der Waals surface area contributed by atoms with Crippen molar-refractivity contribution in [3.8, 4) is 0 Å². The molecule has 82 valence electrons. The number of likely N-dealkylation sites (N-methyl/N-ethyl adjacent to an activating group) is 1. The SMILES string of the molecule is CCNC(=O)CNCc1cncc(Br)c1. The summed E-state index contributed by atoms with van der Waals surface area (Å²) in [4.78, 5) is 15.1. The van der Waals surface area contributed by atoms with Crippen LogP contribution in [-0.4, -0.2) is 24.0 Å². The van der Waals surface area contributed by atoms with Gasteiger partial charge in [0, 0.05) is 30.0 Å². The van der Waals surface area contributed by atoms with Crippen molar-refractivity contribution in [2.24, 2.45) is 0 Å². The van der Waals surface area contributed by atoms with Gasteiger partial charge in [0.15, 0.2) is 0 Å². The zero-order valence-corrected chi connectivity index (χ0v) is 10.2. The molecule has 0 spiro atoms. The van der Waals surface area contributed by atoms with Crippen molar-refractivity contribution in [2.45, 2.75) is 13.5 Å². The van der Waals surface area contributed by atoms with Gasteiger partial charge >= 0.3 is 0 Å². The highest BCUT2D eigenvalue weighted by Crippen LogP contribution is 2.08. The average molecular weight is 272 g/mol. The molecule has 0 atom stereocenters. The first-order valence-electron chi connectivity index (χ1n) is 4.79. The molecule has 1 rings (SSSR count). The first-order valence-corrected chi connectivity index (χ1v) is 5.58. The summed E-state index contributed by atoms with van der Waals surface area (Å²) in [6.07, 6.45) is 3.50. The highest BCUT2D eigenvalue weighted by atomic mass is 79.9. The van der Waals surface area contributed by atoms with Crippen LogP contribution in [0.3, 0.4) is 0 Å². The van der Waals surface area contributed by atoms with Crippen LogP contribution < -0.4 is 10.6 Å². The average Bonchev–Trinajstić information content (AvgIpc) is 2.18. The predicted molar refractivity (Wildman–Crippen MR) is 62.3 cm³/mol. The fourth-order valence-electron chi connectivity index (χ4n) is 1.13. The first-order chi connectivity index (χ1) is 7.22. The summed E-state index contributed by atoms with van der Waals surface area (Å²) in [6.45, 7) is 3.54. The maximum Gasteiger partial charge on any atom is 0.233 e. The third kappa shape index (κ3) is 4.90. The number of halogens is 1. The Bertz CT molecular complexity index is 330. The lowest BCUT2D eigenvalue weighted by molar-refractivity contribution is -0.120. The first kappa shape index (κ1) is 12.1. The molecule has 0 aliphatic heterocycles. The van der Waals surface area contributed by atoms with Crippen LogP contribution in [0.1, 0.15) is 12.5 Å². The molecule has 1 aromatic heterocycles. The molecular formula is C10H14BrN3O. The maximum atomic E-state index is 11.1. The lowest BCUT2D eigenvalue weighted by Gasteiger charge is -2.04. The third-order valence-corrected chi connectivity index (χ3v) is 2.18. The minimum absolute atomic E-state index is 0.0143. The molecule has 0 unspecified atom stereocenters. The van der Waals surface area contributed by atoms with Crippen molar-refractivity contribution in [3.05, 3.63) is 28.5 Å². The number of carbonyl (C=O) groups excluding carboxylic acids is 1. The Balaban J connectivity index is 2.28. The van der Waals surface area contributed by atoms with Gasteiger partial charge in [-0.25, -0.2) is 0 Å². The lowest BCUT2D eigenvalue weighted by atomic mass is 10.3. The van der Waals surface area contributed by atoms with Crippen molar-refractivity contribution in [1.29, 1.82) is 0 Å². The Labute approximate surface area is 97.6 Å². The fraction of sp³-hybridized carbons (Fsp3) is 0.400. The molecule has 1 aromatic rings. The molecule has 0 aromatic carbocycles. The van der Waals surface area contributed by atoms with Crippen LogP contribution in [0.2, 0.25) is 0 Å². The number of carbonyl (C=O) groups is 1. The summed E-state index contributed by atoms with van der Waals surface area (Å²) in [5, 5.41) is 5.76. The van der Waals surface area contributed by atoms with E-state index in [4.69, 9.17) is 0 Å². The van der Waals surface area contributed by atoms with E-state index < -0.39 is 0 Å². The quantitative estimate of drug-likeness (QED) is 0.843. The van der Waals surface area contributed by atoms with Gasteiger partial charge in [-0.2, -0.15) is 0 Å². The summed E-state index contributed by atoms with van der Waals surface area (Å²) in [6, 6.07) is 1.97. The molecule has 0 radical (unpaired) electrons. The molecule has 4 nitrogen and oxygen atoms in total. The van der Waals surface area contributed by atoms with Gasteiger partial charge in [-0.1, -0.05) is 0 Å². The van der Waals surface area contributed by atoms with Gasteiger partial charge in [0.05, 0.1) is 6.54 Å². The summed E-state index contributed by atoms with van der Waals surface area (Å²) >= 11 is 3.34. The van der Waals surface area contributed by atoms with Crippen LogP contribution in [0.5, 0.6) is 0 Å². The van der Waals surface area contributed by atoms with Crippen LogP contribution >= 0.6 is 15.9 Å². The van der Waals surface area contributed by atoms with Crippen molar-refractivity contribution in [1.82, 2.24) is 15.6 Å². The molecule has 1 amide bonds. The van der Waals surface area contributed by atoms with E-state index in [0.717, 1.165) is 10.0 Å². The number of pyridine rings is 1. The van der Waals surface area contributed by atoms with Gasteiger partial charge in [0.1, 0.15) is 0 Å². The molecular weight excluding hydrogens is 258 g/mol. The Morgan fingerprint density at radius 2 is 2.33 bits per heavy atom. The van der Waals surface area contributed by atoms with Crippen molar-refractivity contribution in [3.63, 3.8) is 0 Å². The van der Waals surface area contributed by atoms with E-state index in [-0.39, 0.29) is 5.91 Å². The van der Waals surface area contributed by atoms with E-state index in [0.29, 0.717) is 19.6 Å². The van der Waals surface area contributed by atoms with Crippen LogP contribution in [0.15, 0.2) is 22.9 Å². The second-order valence-electron chi connectivity index (χ2n) is 3.07. The van der Waals surface area contributed by atoms with Gasteiger partial charge < -0.3 is 10.6 Å². The normalized spacial score (nSPS) is 10.0. The van der Waals surface area contributed by atoms with Crippen LogP contribution in [-0.2, 0) is 11.3 Å². The topological polar surface area (TPSA) is 54.0 Å². The van der Waals surface area contributed by atoms with Gasteiger partial charge in [0.25, 0.3) is 0 Å². The largest absolute Gasteiger partial charge is 0.355 e. The van der Waals surface area contributed by atoms with E-state index in [1.807, 2.05) is 13.0 Å². The minimum atomic E-state index is 0.0143. The molecule has 1 heterocycles. The molecule has 0 saturated carbocycles. The molecule has 0 bridgehead atoms. The summed E-state index contributed by atoms with van der Waals surface area (Å²) in [5.74, 6) is 0.0143. The standard InChI is InChI=1S/C10H14BrN3O/c1-2-14-10(15)7-13-5-8-3-9(11)6-12-4-8/h3-4,6,13H,2,5,7H2,1H3,(H,14,15). The summed E-state index contributed by atoms with van der Waals surface area (Å²) in [5.41, 5.74) is 1.05. The number of nitrogens with one attached hydrogen (secondary N) is 2. The van der Waals surface area contributed by atoms with Crippen LogP contribution in [0, 0.1) is 0 Å². The number of hydrogen-bond acceptors (Lipinski definition) is 3. The molecule has 0 aliphatic rings. The molecule has 15 heavy (non-hydrogen) atoms. The number of rotatable bonds is 5. The highest BCUT2D eigenvalue weighted by Gasteiger charge is 1.99. The number of amides is 1. The summed E-state index contributed by atoms with van der Waals surface area (Å²) in [7, 11) is 0. The van der Waals surface area contributed by atoms with Crippen molar-refractivity contribution in [2.75, 3.05) is 13.1 Å². The lowest BCUT2D eigenvalue weighted by Crippen LogP contribution is -2.33. The van der Waals surface area contributed by atoms with E-state index in [1.54, 1.807) is 12.4 Å². The monoisotopic (exact) mass is 271 g/mol. The second-order valence-corrected chi connectivity index (χ2v) is 3.98. The van der Waals surface area contributed by atoms with Crippen LogP contribution in [0.4, 0.5) is 0 Å². The van der Waals surface area contributed by atoms with Crippen molar-refractivity contribution < 1.29 is 4.79 Å². The molecule has 0 saturated heterocycles. The Hall–Kier alpha value is -0.940. The minimum Gasteiger partial charge on any atom is -0.355 e. The van der Waals surface area contributed by atoms with Gasteiger partial charge in [-0.15, -0.1) is 0 Å².